The van der Waals surface area contributed by atoms with Crippen molar-refractivity contribution in [1.29, 1.82) is 5.26 Å². The van der Waals surface area contributed by atoms with E-state index in [1.54, 1.807) is 6.92 Å². The summed E-state index contributed by atoms with van der Waals surface area (Å²) < 4.78 is 16.1. The molecule has 0 bridgehead atoms. The zero-order chi connectivity index (χ0) is 14.4. The fraction of sp³-hybridized carbons (Fsp3) is 0.471. The van der Waals surface area contributed by atoms with Gasteiger partial charge >= 0.3 is 0 Å². The monoisotopic (exact) mass is 270 g/mol. The number of hydrogen-bond donors (Lipinski definition) is 0. The van der Waals surface area contributed by atoms with Gasteiger partial charge in [-0.1, -0.05) is 13.8 Å². The molecule has 0 aliphatic heterocycles. The first-order chi connectivity index (χ1) is 9.52. The van der Waals surface area contributed by atoms with Crippen molar-refractivity contribution in [2.24, 2.45) is 5.92 Å². The minimum atomic E-state index is -0.229. The molecule has 0 saturated heterocycles. The summed E-state index contributed by atoms with van der Waals surface area (Å²) in [6.45, 7) is 6.93. The van der Waals surface area contributed by atoms with Crippen LogP contribution in [0.15, 0.2) is 12.1 Å². The van der Waals surface area contributed by atoms with Crippen molar-refractivity contribution < 1.29 is 4.39 Å². The van der Waals surface area contributed by atoms with Crippen LogP contribution >= 0.6 is 0 Å². The van der Waals surface area contributed by atoms with Crippen LogP contribution in [0, 0.1) is 30.0 Å². The Morgan fingerprint density at radius 1 is 1.40 bits per heavy atom. The molecular formula is C17H19FN2. The summed E-state index contributed by atoms with van der Waals surface area (Å²) in [5, 5.41) is 10.3. The molecule has 2 aromatic rings. The van der Waals surface area contributed by atoms with Crippen molar-refractivity contribution in [1.82, 2.24) is 4.57 Å². The zero-order valence-electron chi connectivity index (χ0n) is 12.2. The Kier molecular flexibility index (Phi) is 3.05. The summed E-state index contributed by atoms with van der Waals surface area (Å²) in [4.78, 5) is 0. The smallest absolute Gasteiger partial charge is 0.126 e. The quantitative estimate of drug-likeness (QED) is 0.807. The van der Waals surface area contributed by atoms with Crippen molar-refractivity contribution in [3.05, 3.63) is 34.8 Å². The Bertz CT molecular complexity index is 715. The van der Waals surface area contributed by atoms with Gasteiger partial charge in [-0.05, 0) is 49.3 Å². The van der Waals surface area contributed by atoms with E-state index in [2.05, 4.69) is 24.5 Å². The summed E-state index contributed by atoms with van der Waals surface area (Å²) in [7, 11) is 0. The first-order valence-corrected chi connectivity index (χ1v) is 7.25. The first-order valence-electron chi connectivity index (χ1n) is 7.25. The number of nitrogens with zero attached hydrogens (tertiary/aromatic N) is 2. The molecule has 3 rings (SSSR count). The Balaban J connectivity index is 2.33. The fourth-order valence-corrected chi connectivity index (χ4v) is 2.97. The van der Waals surface area contributed by atoms with Gasteiger partial charge in [0.2, 0.25) is 0 Å². The molecule has 1 aliphatic rings. The Morgan fingerprint density at radius 3 is 2.65 bits per heavy atom. The molecule has 0 amide bonds. The lowest BCUT2D eigenvalue weighted by Gasteiger charge is -2.13. The van der Waals surface area contributed by atoms with Crippen LogP contribution in [0.5, 0.6) is 0 Å². The maximum Gasteiger partial charge on any atom is 0.126 e. The van der Waals surface area contributed by atoms with Gasteiger partial charge in [-0.25, -0.2) is 4.39 Å². The molecule has 0 unspecified atom stereocenters. The lowest BCUT2D eigenvalue weighted by molar-refractivity contribution is 0.599. The maximum absolute atomic E-state index is 13.9. The van der Waals surface area contributed by atoms with E-state index < -0.39 is 0 Å². The molecule has 1 fully saturated rings. The molecule has 104 valence electrons. The van der Waals surface area contributed by atoms with Crippen molar-refractivity contribution >= 4 is 10.9 Å². The number of rotatable bonds is 3. The van der Waals surface area contributed by atoms with Gasteiger partial charge in [-0.15, -0.1) is 0 Å². The highest BCUT2D eigenvalue weighted by molar-refractivity contribution is 5.89. The van der Waals surface area contributed by atoms with Gasteiger partial charge in [0, 0.05) is 17.6 Å². The van der Waals surface area contributed by atoms with E-state index in [9.17, 15) is 9.65 Å². The van der Waals surface area contributed by atoms with Crippen molar-refractivity contribution in [2.45, 2.75) is 46.1 Å². The van der Waals surface area contributed by atoms with E-state index in [1.807, 2.05) is 6.07 Å². The number of aryl methyl sites for hydroxylation is 1. The first kappa shape index (κ1) is 13.2. The van der Waals surface area contributed by atoms with Crippen LogP contribution in [0.2, 0.25) is 0 Å². The molecule has 1 aromatic carbocycles. The molecule has 1 aliphatic carbocycles. The second kappa shape index (κ2) is 4.63. The lowest BCUT2D eigenvalue weighted by Crippen LogP contribution is -2.07. The summed E-state index contributed by atoms with van der Waals surface area (Å²) in [6, 6.07) is 5.71. The maximum atomic E-state index is 13.9. The number of hydrogen-bond acceptors (Lipinski definition) is 1. The highest BCUT2D eigenvalue weighted by Gasteiger charge is 2.27. The Morgan fingerprint density at radius 2 is 2.10 bits per heavy atom. The second-order valence-electron chi connectivity index (χ2n) is 6.20. The average Bonchev–Trinajstić information content (AvgIpc) is 3.15. The van der Waals surface area contributed by atoms with Crippen LogP contribution in [0.3, 0.4) is 0 Å². The summed E-state index contributed by atoms with van der Waals surface area (Å²) in [6.07, 6.45) is 2.53. The molecule has 2 nitrogen and oxygen atoms in total. The van der Waals surface area contributed by atoms with Crippen LogP contribution in [0.4, 0.5) is 4.39 Å². The molecule has 0 spiro atoms. The van der Waals surface area contributed by atoms with Gasteiger partial charge in [0.1, 0.15) is 11.9 Å². The number of aromatic nitrogens is 1. The largest absolute Gasteiger partial charge is 0.343 e. The van der Waals surface area contributed by atoms with E-state index in [0.717, 1.165) is 29.1 Å². The predicted octanol–water partition coefficient (Wildman–Crippen LogP) is 4.49. The van der Waals surface area contributed by atoms with Crippen LogP contribution in [0.25, 0.3) is 10.9 Å². The summed E-state index contributed by atoms with van der Waals surface area (Å²) in [5.74, 6) is 0.757. The molecule has 1 saturated carbocycles. The number of fused-ring (bicyclic) bond motifs is 1. The predicted molar refractivity (Wildman–Crippen MR) is 78.2 cm³/mol. The van der Waals surface area contributed by atoms with Crippen LogP contribution < -0.4 is 0 Å². The van der Waals surface area contributed by atoms with E-state index in [0.29, 0.717) is 11.1 Å². The molecule has 1 heterocycles. The third-order valence-corrected chi connectivity index (χ3v) is 4.18. The van der Waals surface area contributed by atoms with E-state index in [1.165, 1.54) is 18.9 Å². The topological polar surface area (TPSA) is 28.7 Å². The molecule has 0 radical (unpaired) electrons. The van der Waals surface area contributed by atoms with Crippen molar-refractivity contribution in [3.63, 3.8) is 0 Å². The fourth-order valence-electron chi connectivity index (χ4n) is 2.97. The lowest BCUT2D eigenvalue weighted by atomic mass is 10.0. The zero-order valence-corrected chi connectivity index (χ0v) is 12.2. The minimum Gasteiger partial charge on any atom is -0.343 e. The molecule has 0 atom stereocenters. The van der Waals surface area contributed by atoms with Crippen molar-refractivity contribution in [3.8, 4) is 6.07 Å². The molecule has 1 aromatic heterocycles. The van der Waals surface area contributed by atoms with Crippen LogP contribution in [0.1, 0.15) is 49.4 Å². The Labute approximate surface area is 118 Å². The summed E-state index contributed by atoms with van der Waals surface area (Å²) >= 11 is 0. The van der Waals surface area contributed by atoms with Gasteiger partial charge in [0.05, 0.1) is 11.1 Å². The van der Waals surface area contributed by atoms with E-state index in [4.69, 9.17) is 0 Å². The normalized spacial score (nSPS) is 15.0. The van der Waals surface area contributed by atoms with E-state index in [-0.39, 0.29) is 11.7 Å². The second-order valence-corrected chi connectivity index (χ2v) is 6.20. The Hall–Kier alpha value is -1.82. The average molecular weight is 270 g/mol. The van der Waals surface area contributed by atoms with Gasteiger partial charge in [0.15, 0.2) is 0 Å². The van der Waals surface area contributed by atoms with Gasteiger partial charge < -0.3 is 4.57 Å². The summed E-state index contributed by atoms with van der Waals surface area (Å²) in [5.41, 5.74) is 3.36. The molecule has 3 heteroatoms. The van der Waals surface area contributed by atoms with Gasteiger partial charge in [0.25, 0.3) is 0 Å². The van der Waals surface area contributed by atoms with Gasteiger partial charge in [-0.3, -0.25) is 0 Å². The van der Waals surface area contributed by atoms with Crippen molar-refractivity contribution in [2.75, 3.05) is 0 Å². The van der Waals surface area contributed by atoms with Crippen LogP contribution in [-0.4, -0.2) is 4.57 Å². The third kappa shape index (κ3) is 2.00. The number of nitriles is 1. The van der Waals surface area contributed by atoms with Crippen LogP contribution in [-0.2, 0) is 6.54 Å². The highest BCUT2D eigenvalue weighted by Crippen LogP contribution is 2.37. The molecule has 0 N–H and O–H groups in total. The van der Waals surface area contributed by atoms with Gasteiger partial charge in [-0.2, -0.15) is 5.26 Å². The highest BCUT2D eigenvalue weighted by atomic mass is 19.1. The third-order valence-electron chi connectivity index (χ3n) is 4.18. The number of halogens is 1. The molecule has 20 heavy (non-hydrogen) atoms. The SMILES string of the molecule is Cc1cc2c(cc1F)c(C#N)c(C(C)C)n2CC1CC1. The number of benzene rings is 1. The molecular weight excluding hydrogens is 251 g/mol. The standard InChI is InChI=1S/C17H19FN2/c1-10(2)17-14(8-19)13-7-15(18)11(3)6-16(13)20(17)9-12-4-5-12/h6-7,10,12H,4-5,9H2,1-3H3. The van der Waals surface area contributed by atoms with E-state index >= 15 is 0 Å². The minimum absolute atomic E-state index is 0.229.